The summed E-state index contributed by atoms with van der Waals surface area (Å²) in [5, 5.41) is -0.390. The first-order valence-electron chi connectivity index (χ1n) is 7.54. The van der Waals surface area contributed by atoms with Crippen LogP contribution in [0, 0.1) is 12.8 Å². The topological polar surface area (TPSA) is 20.3 Å². The summed E-state index contributed by atoms with van der Waals surface area (Å²) in [6.07, 6.45) is 4.59. The fourth-order valence-electron chi connectivity index (χ4n) is 2.82. The number of carbonyl (C=O) groups is 1. The molecule has 1 aliphatic rings. The van der Waals surface area contributed by atoms with Gasteiger partial charge >= 0.3 is 0 Å². The molecule has 2 rings (SSSR count). The summed E-state index contributed by atoms with van der Waals surface area (Å²) in [5.74, 6) is 0.828. The minimum absolute atomic E-state index is 0.0867. The van der Waals surface area contributed by atoms with Crippen molar-refractivity contribution in [1.29, 1.82) is 0 Å². The van der Waals surface area contributed by atoms with Crippen LogP contribution in [0.25, 0.3) is 0 Å². The van der Waals surface area contributed by atoms with Gasteiger partial charge in [0.25, 0.3) is 0 Å². The Morgan fingerprint density at radius 2 is 1.90 bits per heavy atom. The van der Waals surface area contributed by atoms with Crippen molar-refractivity contribution in [2.24, 2.45) is 5.92 Å². The van der Waals surface area contributed by atoms with Crippen LogP contribution in [0.1, 0.15) is 37.3 Å². The average Bonchev–Trinajstić information content (AvgIpc) is 2.46. The van der Waals surface area contributed by atoms with Crippen molar-refractivity contribution < 1.29 is 4.79 Å². The minimum atomic E-state index is -0.390. The van der Waals surface area contributed by atoms with Crippen LogP contribution in [0.15, 0.2) is 24.3 Å². The minimum Gasteiger partial charge on any atom is -0.341 e. The number of likely N-dealkylation sites (tertiary alicyclic amines) is 1. The fourth-order valence-corrected chi connectivity index (χ4v) is 2.96. The van der Waals surface area contributed by atoms with Crippen molar-refractivity contribution in [2.45, 2.75) is 44.9 Å². The predicted octanol–water partition coefficient (Wildman–Crippen LogP) is 3.79. The summed E-state index contributed by atoms with van der Waals surface area (Å²) < 4.78 is 0. The van der Waals surface area contributed by atoms with Gasteiger partial charge in [-0.15, -0.1) is 11.6 Å². The van der Waals surface area contributed by atoms with Gasteiger partial charge in [0.15, 0.2) is 0 Å². The number of nitrogens with zero attached hydrogens (tertiary/aromatic N) is 1. The molecular formula is C17H24ClNO. The molecular weight excluding hydrogens is 270 g/mol. The number of hydrogen-bond donors (Lipinski definition) is 0. The molecule has 1 aliphatic heterocycles. The van der Waals surface area contributed by atoms with E-state index in [1.807, 2.05) is 4.90 Å². The van der Waals surface area contributed by atoms with E-state index in [2.05, 4.69) is 31.2 Å². The zero-order valence-electron chi connectivity index (χ0n) is 12.4. The monoisotopic (exact) mass is 293 g/mol. The molecule has 1 atom stereocenters. The van der Waals surface area contributed by atoms with Gasteiger partial charge in [-0.2, -0.15) is 0 Å². The molecule has 1 unspecified atom stereocenters. The van der Waals surface area contributed by atoms with E-state index < -0.39 is 0 Å². The molecule has 0 aromatic heterocycles. The Morgan fingerprint density at radius 1 is 1.30 bits per heavy atom. The molecule has 1 amide bonds. The van der Waals surface area contributed by atoms with Crippen molar-refractivity contribution in [3.63, 3.8) is 0 Å². The third kappa shape index (κ3) is 4.24. The highest BCUT2D eigenvalue weighted by molar-refractivity contribution is 6.30. The fraction of sp³-hybridized carbons (Fsp3) is 0.588. The Labute approximate surface area is 127 Å². The molecule has 0 bridgehead atoms. The Hall–Kier alpha value is -1.02. The first kappa shape index (κ1) is 15.4. The standard InChI is InChI=1S/C17H24ClNO/c1-13-3-5-15(6-4-13)7-8-16-9-11-19(12-10-16)17(20)14(2)18/h3-6,14,16H,7-12H2,1-2H3. The van der Waals surface area contributed by atoms with Crippen LogP contribution < -0.4 is 0 Å². The van der Waals surface area contributed by atoms with E-state index in [0.29, 0.717) is 0 Å². The lowest BCUT2D eigenvalue weighted by Gasteiger charge is -2.32. The molecule has 2 nitrogen and oxygen atoms in total. The third-order valence-corrected chi connectivity index (χ3v) is 4.42. The summed E-state index contributed by atoms with van der Waals surface area (Å²) in [7, 11) is 0. The molecule has 0 N–H and O–H groups in total. The number of rotatable bonds is 4. The molecule has 110 valence electrons. The van der Waals surface area contributed by atoms with Crippen LogP contribution in [0.3, 0.4) is 0 Å². The molecule has 1 heterocycles. The second-order valence-electron chi connectivity index (χ2n) is 5.91. The Balaban J connectivity index is 1.74. The van der Waals surface area contributed by atoms with Gasteiger partial charge in [0.2, 0.25) is 5.91 Å². The third-order valence-electron chi connectivity index (χ3n) is 4.23. The summed E-state index contributed by atoms with van der Waals surface area (Å²) in [6.45, 7) is 5.62. The first-order chi connectivity index (χ1) is 9.56. The first-order valence-corrected chi connectivity index (χ1v) is 7.98. The normalized spacial score (nSPS) is 18.1. The zero-order chi connectivity index (χ0) is 14.5. The molecule has 0 radical (unpaired) electrons. The number of piperidine rings is 1. The molecule has 20 heavy (non-hydrogen) atoms. The maximum absolute atomic E-state index is 11.8. The van der Waals surface area contributed by atoms with E-state index in [0.717, 1.165) is 38.3 Å². The van der Waals surface area contributed by atoms with Crippen LogP contribution in [-0.2, 0) is 11.2 Å². The number of carbonyl (C=O) groups excluding carboxylic acids is 1. The largest absolute Gasteiger partial charge is 0.341 e. The van der Waals surface area contributed by atoms with Gasteiger partial charge in [0.05, 0.1) is 0 Å². The van der Waals surface area contributed by atoms with Crippen molar-refractivity contribution in [3.8, 4) is 0 Å². The van der Waals surface area contributed by atoms with Gasteiger partial charge in [-0.3, -0.25) is 4.79 Å². The molecule has 0 saturated carbocycles. The van der Waals surface area contributed by atoms with Crippen LogP contribution in [0.2, 0.25) is 0 Å². The second-order valence-corrected chi connectivity index (χ2v) is 6.56. The lowest BCUT2D eigenvalue weighted by atomic mass is 9.90. The van der Waals surface area contributed by atoms with Gasteiger partial charge in [-0.05, 0) is 51.0 Å². The summed E-state index contributed by atoms with van der Waals surface area (Å²) in [6, 6.07) is 8.81. The lowest BCUT2D eigenvalue weighted by Crippen LogP contribution is -2.41. The molecule has 1 saturated heterocycles. The Kier molecular flexibility index (Phi) is 5.47. The summed E-state index contributed by atoms with van der Waals surface area (Å²) in [4.78, 5) is 13.7. The highest BCUT2D eigenvalue weighted by Gasteiger charge is 2.24. The number of amides is 1. The zero-order valence-corrected chi connectivity index (χ0v) is 13.2. The van der Waals surface area contributed by atoms with Crippen molar-refractivity contribution in [2.75, 3.05) is 13.1 Å². The van der Waals surface area contributed by atoms with E-state index in [-0.39, 0.29) is 11.3 Å². The molecule has 1 aromatic carbocycles. The number of benzene rings is 1. The van der Waals surface area contributed by atoms with Crippen LogP contribution >= 0.6 is 11.6 Å². The van der Waals surface area contributed by atoms with E-state index in [4.69, 9.17) is 11.6 Å². The Morgan fingerprint density at radius 3 is 2.45 bits per heavy atom. The molecule has 1 fully saturated rings. The highest BCUT2D eigenvalue weighted by Crippen LogP contribution is 2.23. The van der Waals surface area contributed by atoms with Gasteiger partial charge < -0.3 is 4.90 Å². The van der Waals surface area contributed by atoms with Crippen LogP contribution in [0.4, 0.5) is 0 Å². The van der Waals surface area contributed by atoms with E-state index in [9.17, 15) is 4.79 Å². The van der Waals surface area contributed by atoms with Crippen LogP contribution in [-0.4, -0.2) is 29.3 Å². The van der Waals surface area contributed by atoms with Gasteiger partial charge in [-0.1, -0.05) is 29.8 Å². The van der Waals surface area contributed by atoms with E-state index in [1.165, 1.54) is 17.5 Å². The number of alkyl halides is 1. The van der Waals surface area contributed by atoms with E-state index in [1.54, 1.807) is 6.92 Å². The molecule has 0 spiro atoms. The number of hydrogen-bond acceptors (Lipinski definition) is 1. The Bertz CT molecular complexity index is 433. The lowest BCUT2D eigenvalue weighted by molar-refractivity contribution is -0.131. The second kappa shape index (κ2) is 7.12. The van der Waals surface area contributed by atoms with Gasteiger partial charge in [0, 0.05) is 13.1 Å². The maximum Gasteiger partial charge on any atom is 0.240 e. The van der Waals surface area contributed by atoms with Crippen molar-refractivity contribution in [1.82, 2.24) is 4.90 Å². The molecule has 1 aromatic rings. The van der Waals surface area contributed by atoms with Crippen LogP contribution in [0.5, 0.6) is 0 Å². The predicted molar refractivity (Wildman–Crippen MR) is 84.1 cm³/mol. The summed E-state index contributed by atoms with van der Waals surface area (Å²) >= 11 is 5.86. The average molecular weight is 294 g/mol. The number of halogens is 1. The van der Waals surface area contributed by atoms with Gasteiger partial charge in [0.1, 0.15) is 5.38 Å². The quantitative estimate of drug-likeness (QED) is 0.774. The van der Waals surface area contributed by atoms with E-state index >= 15 is 0 Å². The van der Waals surface area contributed by atoms with Crippen molar-refractivity contribution in [3.05, 3.63) is 35.4 Å². The number of aryl methyl sites for hydroxylation is 2. The smallest absolute Gasteiger partial charge is 0.240 e. The SMILES string of the molecule is Cc1ccc(CCC2CCN(C(=O)C(C)Cl)CC2)cc1. The molecule has 0 aliphatic carbocycles. The van der Waals surface area contributed by atoms with Gasteiger partial charge in [-0.25, -0.2) is 0 Å². The summed E-state index contributed by atoms with van der Waals surface area (Å²) in [5.41, 5.74) is 2.74. The highest BCUT2D eigenvalue weighted by atomic mass is 35.5. The molecule has 3 heteroatoms. The van der Waals surface area contributed by atoms with Crippen molar-refractivity contribution >= 4 is 17.5 Å². The maximum atomic E-state index is 11.8.